The summed E-state index contributed by atoms with van der Waals surface area (Å²) in [5.41, 5.74) is 4.29. The molecule has 1 saturated carbocycles. The highest BCUT2D eigenvalue weighted by Gasteiger charge is 2.23. The highest BCUT2D eigenvalue weighted by molar-refractivity contribution is 5.95. The molecule has 0 spiro atoms. The average molecular weight is 483 g/mol. The molecule has 2 aliphatic rings. The summed E-state index contributed by atoms with van der Waals surface area (Å²) in [6.45, 7) is 4.06. The minimum Gasteiger partial charge on any atom is -0.492 e. The third-order valence-electron chi connectivity index (χ3n) is 6.72. The van der Waals surface area contributed by atoms with Gasteiger partial charge in [0.15, 0.2) is 5.65 Å². The first-order valence-electron chi connectivity index (χ1n) is 12.7. The number of likely N-dealkylation sites (tertiary alicyclic amines) is 1. The maximum absolute atomic E-state index is 12.2. The van der Waals surface area contributed by atoms with Gasteiger partial charge in [-0.05, 0) is 92.9 Å². The normalized spacial score (nSPS) is 15.8. The highest BCUT2D eigenvalue weighted by atomic mass is 16.5. The molecule has 0 unspecified atom stereocenters. The summed E-state index contributed by atoms with van der Waals surface area (Å²) in [5.74, 6) is 1.35. The number of aromatic nitrogens is 3. The molecule has 1 amide bonds. The molecule has 8 nitrogen and oxygen atoms in total. The van der Waals surface area contributed by atoms with Gasteiger partial charge in [-0.3, -0.25) is 9.69 Å². The van der Waals surface area contributed by atoms with E-state index in [9.17, 15) is 4.79 Å². The van der Waals surface area contributed by atoms with Crippen LogP contribution in [0.5, 0.6) is 5.75 Å². The van der Waals surface area contributed by atoms with Crippen molar-refractivity contribution in [3.8, 4) is 16.9 Å². The van der Waals surface area contributed by atoms with E-state index in [2.05, 4.69) is 32.8 Å². The third-order valence-corrected chi connectivity index (χ3v) is 6.72. The number of pyridine rings is 1. The van der Waals surface area contributed by atoms with Crippen molar-refractivity contribution in [3.05, 3.63) is 72.4 Å². The largest absolute Gasteiger partial charge is 0.492 e. The minimum atomic E-state index is -0.0254. The Balaban J connectivity index is 1.13. The number of carbonyl (C=O) groups is 1. The topological polar surface area (TPSA) is 83.8 Å². The van der Waals surface area contributed by atoms with Gasteiger partial charge in [-0.15, -0.1) is 5.10 Å². The first-order valence-corrected chi connectivity index (χ1v) is 12.7. The number of nitrogens with zero attached hydrogens (tertiary/aromatic N) is 4. The summed E-state index contributed by atoms with van der Waals surface area (Å²) in [6.07, 6.45) is 6.63. The number of benzene rings is 2. The molecular formula is C28H30N6O2. The van der Waals surface area contributed by atoms with Gasteiger partial charge < -0.3 is 15.4 Å². The fourth-order valence-electron chi connectivity index (χ4n) is 4.54. The van der Waals surface area contributed by atoms with E-state index >= 15 is 0 Å². The van der Waals surface area contributed by atoms with Crippen LogP contribution < -0.4 is 15.4 Å². The molecule has 1 aliphatic carbocycles. The lowest BCUT2D eigenvalue weighted by Gasteiger charge is -2.15. The quantitative estimate of drug-likeness (QED) is 0.365. The number of anilines is 2. The van der Waals surface area contributed by atoms with Gasteiger partial charge in [0.05, 0.1) is 0 Å². The van der Waals surface area contributed by atoms with Crippen molar-refractivity contribution < 1.29 is 9.53 Å². The molecule has 184 valence electrons. The van der Waals surface area contributed by atoms with Crippen LogP contribution in [0.3, 0.4) is 0 Å². The lowest BCUT2D eigenvalue weighted by molar-refractivity contribution is 0.0951. The number of hydrogen-bond acceptors (Lipinski definition) is 6. The van der Waals surface area contributed by atoms with Crippen molar-refractivity contribution in [2.45, 2.75) is 31.7 Å². The Morgan fingerprint density at radius 1 is 1.00 bits per heavy atom. The Morgan fingerprint density at radius 3 is 2.53 bits per heavy atom. The van der Waals surface area contributed by atoms with Crippen molar-refractivity contribution in [2.75, 3.05) is 31.6 Å². The van der Waals surface area contributed by atoms with E-state index in [4.69, 9.17) is 9.72 Å². The standard InChI is InChI=1S/C28H30N6O2/c35-27(29-22-11-12-22)21-5-9-23(10-6-21)30-28-31-26-25(4-3-17-34(26)32-28)20-7-13-24(14-8-20)36-19-18-33-15-1-2-16-33/h3-10,13-14,17,22H,1-2,11-12,15-16,18-19H2,(H,29,35)(H,30,32). The lowest BCUT2D eigenvalue weighted by Crippen LogP contribution is -2.25. The molecule has 36 heavy (non-hydrogen) atoms. The zero-order valence-corrected chi connectivity index (χ0v) is 20.2. The Hall–Kier alpha value is -3.91. The monoisotopic (exact) mass is 482 g/mol. The van der Waals surface area contributed by atoms with Crippen LogP contribution in [0.4, 0.5) is 11.6 Å². The second-order valence-electron chi connectivity index (χ2n) is 9.50. The van der Waals surface area contributed by atoms with Crippen LogP contribution in [0.15, 0.2) is 66.9 Å². The number of amides is 1. The van der Waals surface area contributed by atoms with Gasteiger partial charge in [0, 0.05) is 35.6 Å². The van der Waals surface area contributed by atoms with Crippen molar-refractivity contribution in [1.82, 2.24) is 24.8 Å². The number of fused-ring (bicyclic) bond motifs is 1. The van der Waals surface area contributed by atoms with Gasteiger partial charge >= 0.3 is 0 Å². The van der Waals surface area contributed by atoms with Crippen LogP contribution in [0, 0.1) is 0 Å². The predicted molar refractivity (Wildman–Crippen MR) is 140 cm³/mol. The fraction of sp³-hybridized carbons (Fsp3) is 0.321. The van der Waals surface area contributed by atoms with Crippen LogP contribution in [0.2, 0.25) is 0 Å². The molecule has 6 rings (SSSR count). The zero-order chi connectivity index (χ0) is 24.3. The van der Waals surface area contributed by atoms with Gasteiger partial charge in [-0.1, -0.05) is 12.1 Å². The molecule has 0 atom stereocenters. The summed E-state index contributed by atoms with van der Waals surface area (Å²) in [5, 5.41) is 10.8. The first-order chi connectivity index (χ1) is 17.7. The molecule has 3 heterocycles. The number of nitrogens with one attached hydrogen (secondary N) is 2. The van der Waals surface area contributed by atoms with Gasteiger partial charge in [-0.25, -0.2) is 4.52 Å². The minimum absolute atomic E-state index is 0.0254. The molecular weight excluding hydrogens is 452 g/mol. The summed E-state index contributed by atoms with van der Waals surface area (Å²) in [4.78, 5) is 19.4. The third kappa shape index (κ3) is 5.18. The van der Waals surface area contributed by atoms with E-state index in [1.165, 1.54) is 25.9 Å². The van der Waals surface area contributed by atoms with Crippen LogP contribution in [0.1, 0.15) is 36.0 Å². The Kier molecular flexibility index (Phi) is 6.26. The smallest absolute Gasteiger partial charge is 0.251 e. The van der Waals surface area contributed by atoms with E-state index in [1.54, 1.807) is 4.52 Å². The molecule has 1 saturated heterocycles. The maximum atomic E-state index is 12.2. The van der Waals surface area contributed by atoms with E-state index < -0.39 is 0 Å². The Bertz CT molecular complexity index is 1340. The fourth-order valence-corrected chi connectivity index (χ4v) is 4.54. The molecule has 2 aromatic heterocycles. The number of carbonyl (C=O) groups excluding carboxylic acids is 1. The molecule has 8 heteroatoms. The van der Waals surface area contributed by atoms with Crippen LogP contribution >= 0.6 is 0 Å². The predicted octanol–water partition coefficient (Wildman–Crippen LogP) is 4.51. The van der Waals surface area contributed by atoms with Gasteiger partial charge in [0.25, 0.3) is 5.91 Å². The van der Waals surface area contributed by atoms with E-state index in [1.807, 2.05) is 54.7 Å². The van der Waals surface area contributed by atoms with Gasteiger partial charge in [0.2, 0.25) is 5.95 Å². The van der Waals surface area contributed by atoms with Gasteiger partial charge in [-0.2, -0.15) is 4.98 Å². The first kappa shape index (κ1) is 22.5. The Morgan fingerprint density at radius 2 is 1.78 bits per heavy atom. The summed E-state index contributed by atoms with van der Waals surface area (Å²) in [6, 6.07) is 19.9. The highest BCUT2D eigenvalue weighted by Crippen LogP contribution is 2.27. The molecule has 4 aromatic rings. The molecule has 2 N–H and O–H groups in total. The van der Waals surface area contributed by atoms with Crippen LogP contribution in [0.25, 0.3) is 16.8 Å². The summed E-state index contributed by atoms with van der Waals surface area (Å²) >= 11 is 0. The molecule has 2 aromatic carbocycles. The molecule has 1 aliphatic heterocycles. The molecule has 0 bridgehead atoms. The van der Waals surface area contributed by atoms with Crippen LogP contribution in [-0.2, 0) is 0 Å². The van der Waals surface area contributed by atoms with Gasteiger partial charge in [0.1, 0.15) is 12.4 Å². The van der Waals surface area contributed by atoms with E-state index in [0.717, 1.165) is 47.6 Å². The number of hydrogen-bond donors (Lipinski definition) is 2. The number of rotatable bonds is 9. The molecule has 2 fully saturated rings. The maximum Gasteiger partial charge on any atom is 0.251 e. The van der Waals surface area contributed by atoms with Crippen molar-refractivity contribution in [1.29, 1.82) is 0 Å². The lowest BCUT2D eigenvalue weighted by atomic mass is 10.1. The molecule has 0 radical (unpaired) electrons. The average Bonchev–Trinajstić information content (AvgIpc) is 3.37. The van der Waals surface area contributed by atoms with Crippen molar-refractivity contribution in [2.24, 2.45) is 0 Å². The summed E-state index contributed by atoms with van der Waals surface area (Å²) in [7, 11) is 0. The van der Waals surface area contributed by atoms with Crippen LogP contribution in [-0.4, -0.2) is 57.7 Å². The number of ether oxygens (including phenoxy) is 1. The SMILES string of the molecule is O=C(NC1CC1)c1ccc(Nc2nc3c(-c4ccc(OCCN5CCCC5)cc4)cccn3n2)cc1. The van der Waals surface area contributed by atoms with Crippen molar-refractivity contribution >= 4 is 23.2 Å². The Labute approximate surface area is 210 Å². The van der Waals surface area contributed by atoms with Crippen molar-refractivity contribution in [3.63, 3.8) is 0 Å². The summed E-state index contributed by atoms with van der Waals surface area (Å²) < 4.78 is 7.73. The second-order valence-corrected chi connectivity index (χ2v) is 9.50. The second kappa shape index (κ2) is 9.99. The zero-order valence-electron chi connectivity index (χ0n) is 20.2. The van der Waals surface area contributed by atoms with E-state index in [0.29, 0.717) is 24.2 Å². The van der Waals surface area contributed by atoms with E-state index in [-0.39, 0.29) is 5.91 Å².